The zero-order valence-electron chi connectivity index (χ0n) is 19.8. The van der Waals surface area contributed by atoms with Crippen LogP contribution in [0.4, 0.5) is 0 Å². The summed E-state index contributed by atoms with van der Waals surface area (Å²) in [6, 6.07) is 16.2. The van der Waals surface area contributed by atoms with E-state index < -0.39 is 5.92 Å². The minimum Gasteiger partial charge on any atom is -0.494 e. The second-order valence-electron chi connectivity index (χ2n) is 9.17. The van der Waals surface area contributed by atoms with Crippen molar-refractivity contribution >= 4 is 11.6 Å². The summed E-state index contributed by atoms with van der Waals surface area (Å²) in [7, 11) is 0. The lowest BCUT2D eigenvalue weighted by Gasteiger charge is -2.26. The molecule has 172 valence electrons. The van der Waals surface area contributed by atoms with E-state index in [0.717, 1.165) is 41.7 Å². The standard InChI is InChI=1S/C29H38O3/c1-3-5-6-7-8-9-22-12-19-27(28(30)20-22)29(31)21-23-10-13-24(14-11-23)25-15-17-26(18-16-25)32-4-2/h10-11,13-18,22,27H,3-9,12,19-21H2,1-2H3. The molecule has 3 heteroatoms. The predicted octanol–water partition coefficient (Wildman–Crippen LogP) is 7.21. The minimum absolute atomic E-state index is 0.0882. The number of benzene rings is 2. The van der Waals surface area contributed by atoms with Gasteiger partial charge >= 0.3 is 0 Å². The molecule has 1 aliphatic rings. The molecule has 3 rings (SSSR count). The van der Waals surface area contributed by atoms with Gasteiger partial charge in [0, 0.05) is 12.8 Å². The van der Waals surface area contributed by atoms with Crippen molar-refractivity contribution in [2.75, 3.05) is 6.61 Å². The van der Waals surface area contributed by atoms with E-state index in [1.54, 1.807) is 0 Å². The number of ketones is 2. The van der Waals surface area contributed by atoms with Crippen LogP contribution >= 0.6 is 0 Å². The van der Waals surface area contributed by atoms with Gasteiger partial charge in [-0.25, -0.2) is 0 Å². The molecule has 2 aromatic rings. The van der Waals surface area contributed by atoms with Crippen LogP contribution in [0.1, 0.15) is 77.2 Å². The summed E-state index contributed by atoms with van der Waals surface area (Å²) in [5.74, 6) is 1.23. The van der Waals surface area contributed by atoms with Gasteiger partial charge in [0.1, 0.15) is 17.3 Å². The fourth-order valence-electron chi connectivity index (χ4n) is 4.77. The molecular weight excluding hydrogens is 396 g/mol. The summed E-state index contributed by atoms with van der Waals surface area (Å²) < 4.78 is 5.50. The molecular formula is C29H38O3. The third-order valence-electron chi connectivity index (χ3n) is 6.68. The van der Waals surface area contributed by atoms with E-state index in [1.807, 2.05) is 43.3 Å². The second kappa shape index (κ2) is 12.6. The first-order valence-corrected chi connectivity index (χ1v) is 12.5. The Balaban J connectivity index is 1.48. The second-order valence-corrected chi connectivity index (χ2v) is 9.17. The maximum absolute atomic E-state index is 12.8. The van der Waals surface area contributed by atoms with Crippen LogP contribution in [0, 0.1) is 11.8 Å². The average Bonchev–Trinajstić information content (AvgIpc) is 2.80. The Morgan fingerprint density at radius 2 is 1.53 bits per heavy atom. The molecule has 0 heterocycles. The molecule has 2 aromatic carbocycles. The maximum atomic E-state index is 12.8. The Kier molecular flexibility index (Phi) is 9.52. The van der Waals surface area contributed by atoms with Crippen LogP contribution < -0.4 is 4.74 Å². The first-order valence-electron chi connectivity index (χ1n) is 12.5. The van der Waals surface area contributed by atoms with E-state index in [2.05, 4.69) is 19.1 Å². The average molecular weight is 435 g/mol. The van der Waals surface area contributed by atoms with E-state index in [-0.39, 0.29) is 11.6 Å². The summed E-state index contributed by atoms with van der Waals surface area (Å²) in [6.07, 6.45) is 10.2. The van der Waals surface area contributed by atoms with Crippen LogP contribution in [0.25, 0.3) is 11.1 Å². The van der Waals surface area contributed by atoms with Crippen molar-refractivity contribution in [3.05, 3.63) is 54.1 Å². The fourth-order valence-corrected chi connectivity index (χ4v) is 4.77. The third kappa shape index (κ3) is 7.05. The quantitative estimate of drug-likeness (QED) is 0.262. The van der Waals surface area contributed by atoms with Gasteiger partial charge in [-0.1, -0.05) is 81.8 Å². The third-order valence-corrected chi connectivity index (χ3v) is 6.68. The molecule has 32 heavy (non-hydrogen) atoms. The topological polar surface area (TPSA) is 43.4 Å². The van der Waals surface area contributed by atoms with Crippen LogP contribution in [0.5, 0.6) is 5.75 Å². The Labute approximate surface area is 193 Å². The van der Waals surface area contributed by atoms with Gasteiger partial charge in [-0.3, -0.25) is 9.59 Å². The summed E-state index contributed by atoms with van der Waals surface area (Å²) >= 11 is 0. The molecule has 0 aromatic heterocycles. The molecule has 0 amide bonds. The van der Waals surface area contributed by atoms with Gasteiger partial charge in [-0.2, -0.15) is 0 Å². The number of hydrogen-bond donors (Lipinski definition) is 0. The number of Topliss-reactive ketones (excluding diaryl/α,β-unsaturated/α-hetero) is 2. The monoisotopic (exact) mass is 434 g/mol. The van der Waals surface area contributed by atoms with Crippen molar-refractivity contribution in [3.8, 4) is 16.9 Å². The van der Waals surface area contributed by atoms with Gasteiger partial charge in [0.25, 0.3) is 0 Å². The number of rotatable bonds is 12. The lowest BCUT2D eigenvalue weighted by atomic mass is 9.76. The molecule has 0 saturated heterocycles. The summed E-state index contributed by atoms with van der Waals surface area (Å²) in [5.41, 5.74) is 3.21. The molecule has 0 aliphatic heterocycles. The van der Waals surface area contributed by atoms with Crippen LogP contribution in [-0.4, -0.2) is 18.2 Å². The van der Waals surface area contributed by atoms with Crippen LogP contribution in [0.3, 0.4) is 0 Å². The van der Waals surface area contributed by atoms with Crippen LogP contribution in [0.2, 0.25) is 0 Å². The van der Waals surface area contributed by atoms with E-state index in [1.165, 1.54) is 32.1 Å². The van der Waals surface area contributed by atoms with Crippen molar-refractivity contribution < 1.29 is 14.3 Å². The van der Waals surface area contributed by atoms with Gasteiger partial charge in [-0.15, -0.1) is 0 Å². The Bertz CT molecular complexity index is 851. The summed E-state index contributed by atoms with van der Waals surface area (Å²) in [5, 5.41) is 0. The molecule has 0 bridgehead atoms. The van der Waals surface area contributed by atoms with E-state index in [0.29, 0.717) is 25.4 Å². The molecule has 2 atom stereocenters. The highest BCUT2D eigenvalue weighted by Crippen LogP contribution is 2.31. The highest BCUT2D eigenvalue weighted by Gasteiger charge is 2.32. The van der Waals surface area contributed by atoms with Crippen molar-refractivity contribution in [3.63, 3.8) is 0 Å². The fraction of sp³-hybridized carbons (Fsp3) is 0.517. The van der Waals surface area contributed by atoms with Crippen molar-refractivity contribution in [2.24, 2.45) is 11.8 Å². The lowest BCUT2D eigenvalue weighted by molar-refractivity contribution is -0.135. The van der Waals surface area contributed by atoms with E-state index in [9.17, 15) is 9.59 Å². The molecule has 1 aliphatic carbocycles. The highest BCUT2D eigenvalue weighted by molar-refractivity contribution is 6.03. The molecule has 1 saturated carbocycles. The summed E-state index contributed by atoms with van der Waals surface area (Å²) in [4.78, 5) is 25.5. The van der Waals surface area contributed by atoms with Gasteiger partial charge in [0.15, 0.2) is 0 Å². The van der Waals surface area contributed by atoms with E-state index >= 15 is 0 Å². The van der Waals surface area contributed by atoms with Crippen LogP contribution in [-0.2, 0) is 16.0 Å². The first-order chi connectivity index (χ1) is 15.6. The summed E-state index contributed by atoms with van der Waals surface area (Å²) in [6.45, 7) is 4.86. The molecule has 0 spiro atoms. The van der Waals surface area contributed by atoms with Crippen molar-refractivity contribution in [2.45, 2.75) is 78.1 Å². The van der Waals surface area contributed by atoms with E-state index in [4.69, 9.17) is 4.74 Å². The van der Waals surface area contributed by atoms with Gasteiger partial charge < -0.3 is 4.74 Å². The number of carbonyl (C=O) groups excluding carboxylic acids is 2. The number of ether oxygens (including phenoxy) is 1. The molecule has 3 nitrogen and oxygen atoms in total. The highest BCUT2D eigenvalue weighted by atomic mass is 16.5. The smallest absolute Gasteiger partial charge is 0.147 e. The zero-order valence-corrected chi connectivity index (χ0v) is 19.8. The first kappa shape index (κ1) is 24.2. The van der Waals surface area contributed by atoms with Gasteiger partial charge in [0.2, 0.25) is 0 Å². The number of unbranched alkanes of at least 4 members (excludes halogenated alkanes) is 4. The molecule has 0 N–H and O–H groups in total. The van der Waals surface area contributed by atoms with Crippen LogP contribution in [0.15, 0.2) is 48.5 Å². The number of hydrogen-bond acceptors (Lipinski definition) is 3. The Morgan fingerprint density at radius 1 is 0.875 bits per heavy atom. The van der Waals surface area contributed by atoms with Gasteiger partial charge in [0.05, 0.1) is 12.5 Å². The molecule has 1 fully saturated rings. The lowest BCUT2D eigenvalue weighted by Crippen LogP contribution is -2.32. The molecule has 0 radical (unpaired) electrons. The minimum atomic E-state index is -0.392. The Hall–Kier alpha value is -2.42. The maximum Gasteiger partial charge on any atom is 0.147 e. The predicted molar refractivity (Wildman–Crippen MR) is 131 cm³/mol. The van der Waals surface area contributed by atoms with Gasteiger partial charge in [-0.05, 0) is 54.5 Å². The largest absolute Gasteiger partial charge is 0.494 e. The Morgan fingerprint density at radius 3 is 2.16 bits per heavy atom. The van der Waals surface area contributed by atoms with Crippen molar-refractivity contribution in [1.29, 1.82) is 0 Å². The molecule has 2 unspecified atom stereocenters. The zero-order chi connectivity index (χ0) is 22.8. The number of carbonyl (C=O) groups is 2. The SMILES string of the molecule is CCCCCCCC1CCC(C(=O)Cc2ccc(-c3ccc(OCC)cc3)cc2)C(=O)C1. The normalized spacial score (nSPS) is 18.5. The van der Waals surface area contributed by atoms with Crippen molar-refractivity contribution in [1.82, 2.24) is 0 Å².